The first-order valence-electron chi connectivity index (χ1n) is 7.44. The number of hydrogen-bond acceptors (Lipinski definition) is 2. The van der Waals surface area contributed by atoms with Gasteiger partial charge in [-0.05, 0) is 64.8 Å². The minimum atomic E-state index is -0.211. The molecular formula is C16H24BrFN2. The molecule has 0 aromatic heterocycles. The Hall–Kier alpha value is -0.450. The van der Waals surface area contributed by atoms with E-state index in [2.05, 4.69) is 34.7 Å². The van der Waals surface area contributed by atoms with Gasteiger partial charge in [0.25, 0.3) is 0 Å². The first-order chi connectivity index (χ1) is 9.55. The summed E-state index contributed by atoms with van der Waals surface area (Å²) in [5, 5.41) is 0. The standard InChI is InChI=1S/C16H24BrFN2/c1-3-16(4-2)7-8-20(11-16)15(10-19)12-5-6-13(17)14(18)9-12/h5-6,9,15H,3-4,7-8,10-11,19H2,1-2H3. The lowest BCUT2D eigenvalue weighted by atomic mass is 9.82. The normalized spacial score (nSPS) is 20.2. The third-order valence-electron chi connectivity index (χ3n) is 4.96. The zero-order chi connectivity index (χ0) is 14.8. The van der Waals surface area contributed by atoms with Crippen LogP contribution in [0.3, 0.4) is 0 Å². The average molecular weight is 343 g/mol. The molecule has 1 heterocycles. The van der Waals surface area contributed by atoms with Gasteiger partial charge in [0.05, 0.1) is 4.47 Å². The highest BCUT2D eigenvalue weighted by Crippen LogP contribution is 2.40. The van der Waals surface area contributed by atoms with Crippen molar-refractivity contribution in [2.24, 2.45) is 11.1 Å². The third kappa shape index (κ3) is 3.07. The minimum absolute atomic E-state index is 0.123. The van der Waals surface area contributed by atoms with Crippen molar-refractivity contribution in [3.8, 4) is 0 Å². The predicted octanol–water partition coefficient (Wildman–Crippen LogP) is 4.10. The largest absolute Gasteiger partial charge is 0.329 e. The van der Waals surface area contributed by atoms with E-state index in [1.165, 1.54) is 19.3 Å². The fraction of sp³-hybridized carbons (Fsp3) is 0.625. The fourth-order valence-electron chi connectivity index (χ4n) is 3.28. The van der Waals surface area contributed by atoms with Crippen LogP contribution >= 0.6 is 15.9 Å². The van der Waals surface area contributed by atoms with Gasteiger partial charge in [0.2, 0.25) is 0 Å². The molecule has 0 saturated carbocycles. The molecule has 1 aromatic rings. The Kier molecular flexibility index (Phi) is 5.21. The van der Waals surface area contributed by atoms with E-state index in [1.807, 2.05) is 6.07 Å². The van der Waals surface area contributed by atoms with Gasteiger partial charge in [0.15, 0.2) is 0 Å². The Labute approximate surface area is 129 Å². The summed E-state index contributed by atoms with van der Waals surface area (Å²) >= 11 is 3.20. The maximum atomic E-state index is 13.7. The van der Waals surface area contributed by atoms with Gasteiger partial charge in [-0.1, -0.05) is 19.9 Å². The van der Waals surface area contributed by atoms with Gasteiger partial charge in [0, 0.05) is 19.1 Å². The number of benzene rings is 1. The molecule has 0 bridgehead atoms. The number of hydrogen-bond donors (Lipinski definition) is 1. The van der Waals surface area contributed by atoms with Gasteiger partial charge >= 0.3 is 0 Å². The average Bonchev–Trinajstić information content (AvgIpc) is 2.88. The van der Waals surface area contributed by atoms with Crippen molar-refractivity contribution in [3.63, 3.8) is 0 Å². The molecule has 1 aliphatic rings. The van der Waals surface area contributed by atoms with Crippen LogP contribution in [-0.4, -0.2) is 24.5 Å². The summed E-state index contributed by atoms with van der Waals surface area (Å²) in [5.74, 6) is -0.211. The van der Waals surface area contributed by atoms with Gasteiger partial charge in [0.1, 0.15) is 5.82 Å². The van der Waals surface area contributed by atoms with E-state index in [4.69, 9.17) is 5.73 Å². The molecule has 1 unspecified atom stereocenters. The van der Waals surface area contributed by atoms with Gasteiger partial charge < -0.3 is 5.73 Å². The first kappa shape index (κ1) is 15.9. The molecule has 4 heteroatoms. The van der Waals surface area contributed by atoms with Crippen LogP contribution in [0.25, 0.3) is 0 Å². The molecule has 1 saturated heterocycles. The van der Waals surface area contributed by atoms with Crippen molar-refractivity contribution in [1.82, 2.24) is 4.90 Å². The summed E-state index contributed by atoms with van der Waals surface area (Å²) in [5.41, 5.74) is 7.37. The molecule has 1 fully saturated rings. The summed E-state index contributed by atoms with van der Waals surface area (Å²) in [7, 11) is 0. The highest BCUT2D eigenvalue weighted by molar-refractivity contribution is 9.10. The Balaban J connectivity index is 2.19. The molecule has 0 radical (unpaired) electrons. The van der Waals surface area contributed by atoms with E-state index in [9.17, 15) is 4.39 Å². The number of rotatable bonds is 5. The second kappa shape index (κ2) is 6.54. The van der Waals surface area contributed by atoms with Gasteiger partial charge in [-0.3, -0.25) is 4.90 Å². The molecule has 1 aliphatic heterocycles. The SMILES string of the molecule is CCC1(CC)CCN(C(CN)c2ccc(Br)c(F)c2)C1. The number of nitrogens with two attached hydrogens (primary N) is 1. The Bertz CT molecular complexity index is 460. The van der Waals surface area contributed by atoms with Crippen LogP contribution < -0.4 is 5.73 Å². The third-order valence-corrected chi connectivity index (χ3v) is 5.60. The highest BCUT2D eigenvalue weighted by atomic mass is 79.9. The Morgan fingerprint density at radius 3 is 2.60 bits per heavy atom. The quantitative estimate of drug-likeness (QED) is 0.872. The van der Waals surface area contributed by atoms with E-state index < -0.39 is 0 Å². The van der Waals surface area contributed by atoms with Crippen LogP contribution in [-0.2, 0) is 0 Å². The van der Waals surface area contributed by atoms with E-state index in [1.54, 1.807) is 12.1 Å². The molecule has 0 aliphatic carbocycles. The lowest BCUT2D eigenvalue weighted by Crippen LogP contribution is -2.34. The van der Waals surface area contributed by atoms with Gasteiger partial charge in [-0.25, -0.2) is 4.39 Å². The van der Waals surface area contributed by atoms with Crippen LogP contribution in [0.2, 0.25) is 0 Å². The Morgan fingerprint density at radius 1 is 1.40 bits per heavy atom. The molecule has 1 atom stereocenters. The van der Waals surface area contributed by atoms with E-state index in [0.717, 1.165) is 18.7 Å². The topological polar surface area (TPSA) is 29.3 Å². The maximum Gasteiger partial charge on any atom is 0.137 e. The maximum absolute atomic E-state index is 13.7. The summed E-state index contributed by atoms with van der Waals surface area (Å²) in [6.45, 7) is 7.19. The zero-order valence-electron chi connectivity index (χ0n) is 12.3. The summed E-state index contributed by atoms with van der Waals surface area (Å²) < 4.78 is 14.3. The molecule has 20 heavy (non-hydrogen) atoms. The molecular weight excluding hydrogens is 319 g/mol. The van der Waals surface area contributed by atoms with E-state index in [0.29, 0.717) is 16.4 Å². The lowest BCUT2D eigenvalue weighted by molar-refractivity contribution is 0.197. The van der Waals surface area contributed by atoms with Crippen LogP contribution in [0.5, 0.6) is 0 Å². The molecule has 0 amide bonds. The first-order valence-corrected chi connectivity index (χ1v) is 8.23. The lowest BCUT2D eigenvalue weighted by Gasteiger charge is -2.31. The van der Waals surface area contributed by atoms with Gasteiger partial charge in [-0.15, -0.1) is 0 Å². The van der Waals surface area contributed by atoms with Crippen LogP contribution in [0.4, 0.5) is 4.39 Å². The minimum Gasteiger partial charge on any atom is -0.329 e. The van der Waals surface area contributed by atoms with Crippen molar-refractivity contribution in [2.75, 3.05) is 19.6 Å². The molecule has 2 N–H and O–H groups in total. The van der Waals surface area contributed by atoms with E-state index in [-0.39, 0.29) is 11.9 Å². The molecule has 0 spiro atoms. The molecule has 1 aromatic carbocycles. The van der Waals surface area contributed by atoms with Crippen molar-refractivity contribution >= 4 is 15.9 Å². The zero-order valence-corrected chi connectivity index (χ0v) is 13.9. The van der Waals surface area contributed by atoms with Gasteiger partial charge in [-0.2, -0.15) is 0 Å². The van der Waals surface area contributed by atoms with Crippen LogP contribution in [0.15, 0.2) is 22.7 Å². The smallest absolute Gasteiger partial charge is 0.137 e. The number of likely N-dealkylation sites (tertiary alicyclic amines) is 1. The monoisotopic (exact) mass is 342 g/mol. The molecule has 2 nitrogen and oxygen atoms in total. The number of nitrogens with zero attached hydrogens (tertiary/aromatic N) is 1. The molecule has 112 valence electrons. The second-order valence-electron chi connectivity index (χ2n) is 5.85. The summed E-state index contributed by atoms with van der Waals surface area (Å²) in [6, 6.07) is 5.48. The highest BCUT2D eigenvalue weighted by Gasteiger charge is 2.37. The Morgan fingerprint density at radius 2 is 2.10 bits per heavy atom. The van der Waals surface area contributed by atoms with Crippen LogP contribution in [0, 0.1) is 11.2 Å². The molecule has 2 rings (SSSR count). The second-order valence-corrected chi connectivity index (χ2v) is 6.71. The van der Waals surface area contributed by atoms with Crippen molar-refractivity contribution < 1.29 is 4.39 Å². The van der Waals surface area contributed by atoms with Crippen molar-refractivity contribution in [2.45, 2.75) is 39.2 Å². The number of halogens is 2. The summed E-state index contributed by atoms with van der Waals surface area (Å²) in [4.78, 5) is 2.43. The fourth-order valence-corrected chi connectivity index (χ4v) is 3.53. The van der Waals surface area contributed by atoms with Crippen molar-refractivity contribution in [3.05, 3.63) is 34.1 Å². The predicted molar refractivity (Wildman–Crippen MR) is 85.1 cm³/mol. The van der Waals surface area contributed by atoms with E-state index >= 15 is 0 Å². The van der Waals surface area contributed by atoms with Crippen molar-refractivity contribution in [1.29, 1.82) is 0 Å². The summed E-state index contributed by atoms with van der Waals surface area (Å²) in [6.07, 6.45) is 3.62. The van der Waals surface area contributed by atoms with Crippen LogP contribution in [0.1, 0.15) is 44.7 Å².